The van der Waals surface area contributed by atoms with Gasteiger partial charge < -0.3 is 15.2 Å². The molecule has 1 aliphatic rings. The number of H-pyrrole nitrogens is 1. The monoisotopic (exact) mass is 374 g/mol. The van der Waals surface area contributed by atoms with Crippen molar-refractivity contribution in [2.24, 2.45) is 0 Å². The molecular weight excluding hydrogens is 352 g/mol. The predicted molar refractivity (Wildman–Crippen MR) is 108 cm³/mol. The Balaban J connectivity index is 1.67. The molecule has 0 radical (unpaired) electrons. The molecule has 6 nitrogen and oxygen atoms in total. The summed E-state index contributed by atoms with van der Waals surface area (Å²) in [5, 5.41) is 2.91. The number of amides is 2. The molecule has 0 fully saturated rings. The van der Waals surface area contributed by atoms with E-state index in [1.807, 2.05) is 42.5 Å². The highest BCUT2D eigenvalue weighted by atomic mass is 16.2. The molecule has 142 valence electrons. The largest absolute Gasteiger partial charge is 0.357 e. The van der Waals surface area contributed by atoms with E-state index in [0.717, 1.165) is 28.2 Å². The summed E-state index contributed by atoms with van der Waals surface area (Å²) in [5.74, 6) is 0.188. The van der Waals surface area contributed by atoms with E-state index in [0.29, 0.717) is 17.7 Å². The molecule has 1 unspecified atom stereocenters. The van der Waals surface area contributed by atoms with Crippen molar-refractivity contribution in [2.75, 3.05) is 20.6 Å². The third kappa shape index (κ3) is 3.17. The number of fused-ring (bicyclic) bond motifs is 1. The number of pyridine rings is 1. The zero-order valence-corrected chi connectivity index (χ0v) is 16.1. The van der Waals surface area contributed by atoms with Gasteiger partial charge in [0.25, 0.3) is 11.8 Å². The van der Waals surface area contributed by atoms with Crippen molar-refractivity contribution >= 4 is 11.8 Å². The lowest BCUT2D eigenvalue weighted by molar-refractivity contribution is 0.0827. The maximum atomic E-state index is 12.1. The van der Waals surface area contributed by atoms with Crippen LogP contribution in [0.1, 0.15) is 39.3 Å². The smallest absolute Gasteiger partial charge is 0.253 e. The molecule has 2 aromatic heterocycles. The third-order valence-electron chi connectivity index (χ3n) is 5.06. The Bertz CT molecular complexity index is 1050. The minimum absolute atomic E-state index is 0.0300. The Morgan fingerprint density at radius 3 is 2.54 bits per heavy atom. The lowest BCUT2D eigenvalue weighted by Crippen LogP contribution is -2.33. The molecule has 2 N–H and O–H groups in total. The first-order valence-corrected chi connectivity index (χ1v) is 9.23. The van der Waals surface area contributed by atoms with Crippen LogP contribution in [0.5, 0.6) is 0 Å². The normalized spacial score (nSPS) is 15.7. The van der Waals surface area contributed by atoms with Crippen LogP contribution in [0.4, 0.5) is 0 Å². The third-order valence-corrected chi connectivity index (χ3v) is 5.06. The topological polar surface area (TPSA) is 78.1 Å². The number of nitrogens with one attached hydrogen (secondary N) is 2. The van der Waals surface area contributed by atoms with Gasteiger partial charge in [0, 0.05) is 60.8 Å². The highest BCUT2D eigenvalue weighted by Gasteiger charge is 2.25. The first kappa shape index (κ1) is 18.0. The lowest BCUT2D eigenvalue weighted by atomic mass is 9.99. The average molecular weight is 374 g/mol. The van der Waals surface area contributed by atoms with Crippen LogP contribution in [-0.4, -0.2) is 47.3 Å². The minimum atomic E-state index is -0.0361. The summed E-state index contributed by atoms with van der Waals surface area (Å²) in [7, 11) is 3.47. The molecular formula is C22H22N4O2. The number of aromatic amines is 1. The van der Waals surface area contributed by atoms with Crippen molar-refractivity contribution in [2.45, 2.75) is 12.8 Å². The highest BCUT2D eigenvalue weighted by molar-refractivity contribution is 5.98. The summed E-state index contributed by atoms with van der Waals surface area (Å²) in [6.07, 6.45) is 1.76. The SMILES string of the molecule is CC1CNC(=O)c2cc(-c3ccnc(-c4ccc(C(=O)N(C)C)cc4)c3)[nH]c21. The Labute approximate surface area is 163 Å². The van der Waals surface area contributed by atoms with Crippen molar-refractivity contribution in [3.63, 3.8) is 0 Å². The van der Waals surface area contributed by atoms with Gasteiger partial charge in [-0.1, -0.05) is 19.1 Å². The second-order valence-electron chi connectivity index (χ2n) is 7.33. The van der Waals surface area contributed by atoms with Gasteiger partial charge in [-0.05, 0) is 30.3 Å². The lowest BCUT2D eigenvalue weighted by Gasteiger charge is -2.18. The molecule has 0 saturated heterocycles. The van der Waals surface area contributed by atoms with E-state index in [4.69, 9.17) is 0 Å². The maximum absolute atomic E-state index is 12.1. The van der Waals surface area contributed by atoms with Crippen molar-refractivity contribution in [1.82, 2.24) is 20.2 Å². The van der Waals surface area contributed by atoms with E-state index in [2.05, 4.69) is 22.2 Å². The first-order valence-electron chi connectivity index (χ1n) is 9.23. The number of hydrogen-bond acceptors (Lipinski definition) is 3. The standard InChI is InChI=1S/C22H22N4O2/c1-13-12-24-21(27)17-11-19(25-20(13)17)16-8-9-23-18(10-16)14-4-6-15(7-5-14)22(28)26(2)3/h4-11,13,25H,12H2,1-3H3,(H,24,27). The molecule has 3 aromatic rings. The second-order valence-corrected chi connectivity index (χ2v) is 7.33. The molecule has 3 heterocycles. The van der Waals surface area contributed by atoms with Crippen LogP contribution in [0.3, 0.4) is 0 Å². The van der Waals surface area contributed by atoms with Crippen molar-refractivity contribution in [1.29, 1.82) is 0 Å². The molecule has 2 amide bonds. The Morgan fingerprint density at radius 1 is 1.11 bits per heavy atom. The van der Waals surface area contributed by atoms with Gasteiger partial charge in [0.15, 0.2) is 0 Å². The molecule has 0 spiro atoms. The van der Waals surface area contributed by atoms with E-state index in [-0.39, 0.29) is 17.7 Å². The van der Waals surface area contributed by atoms with Crippen LogP contribution >= 0.6 is 0 Å². The summed E-state index contributed by atoms with van der Waals surface area (Å²) in [6, 6.07) is 13.2. The van der Waals surface area contributed by atoms with Gasteiger partial charge in [0.1, 0.15) is 0 Å². The number of rotatable bonds is 3. The summed E-state index contributed by atoms with van der Waals surface area (Å²) >= 11 is 0. The molecule has 0 aliphatic carbocycles. The fourth-order valence-electron chi connectivity index (χ4n) is 3.44. The molecule has 4 rings (SSSR count). The van der Waals surface area contributed by atoms with Crippen LogP contribution < -0.4 is 5.32 Å². The summed E-state index contributed by atoms with van der Waals surface area (Å²) in [5.41, 5.74) is 5.93. The van der Waals surface area contributed by atoms with Gasteiger partial charge in [-0.3, -0.25) is 14.6 Å². The fourth-order valence-corrected chi connectivity index (χ4v) is 3.44. The van der Waals surface area contributed by atoms with Gasteiger partial charge >= 0.3 is 0 Å². The quantitative estimate of drug-likeness (QED) is 0.738. The van der Waals surface area contributed by atoms with E-state index < -0.39 is 0 Å². The number of aromatic nitrogens is 2. The fraction of sp³-hybridized carbons (Fsp3) is 0.227. The summed E-state index contributed by atoms with van der Waals surface area (Å²) < 4.78 is 0. The molecule has 1 atom stereocenters. The van der Waals surface area contributed by atoms with Crippen LogP contribution in [-0.2, 0) is 0 Å². The van der Waals surface area contributed by atoms with Crippen LogP contribution in [0.15, 0.2) is 48.7 Å². The number of nitrogens with zero attached hydrogens (tertiary/aromatic N) is 2. The number of benzene rings is 1. The maximum Gasteiger partial charge on any atom is 0.253 e. The van der Waals surface area contributed by atoms with Crippen molar-refractivity contribution in [3.8, 4) is 22.5 Å². The summed E-state index contributed by atoms with van der Waals surface area (Å²) in [6.45, 7) is 2.73. The Kier molecular flexibility index (Phi) is 4.47. The van der Waals surface area contributed by atoms with Crippen molar-refractivity contribution < 1.29 is 9.59 Å². The molecule has 28 heavy (non-hydrogen) atoms. The van der Waals surface area contributed by atoms with Gasteiger partial charge in [-0.2, -0.15) is 0 Å². The number of carbonyl (C=O) groups is 2. The average Bonchev–Trinajstić information content (AvgIpc) is 3.17. The van der Waals surface area contributed by atoms with Crippen LogP contribution in [0, 0.1) is 0 Å². The zero-order valence-electron chi connectivity index (χ0n) is 16.1. The van der Waals surface area contributed by atoms with Gasteiger partial charge in [-0.25, -0.2) is 0 Å². The molecule has 6 heteroatoms. The minimum Gasteiger partial charge on any atom is -0.357 e. The second kappa shape index (κ2) is 6.96. The van der Waals surface area contributed by atoms with Gasteiger partial charge in [0.2, 0.25) is 0 Å². The van der Waals surface area contributed by atoms with Crippen molar-refractivity contribution in [3.05, 3.63) is 65.5 Å². The molecule has 0 saturated carbocycles. The molecule has 1 aromatic carbocycles. The van der Waals surface area contributed by atoms with E-state index in [1.165, 1.54) is 0 Å². The Hall–Kier alpha value is -3.41. The molecule has 0 bridgehead atoms. The van der Waals surface area contributed by atoms with Crippen LogP contribution in [0.25, 0.3) is 22.5 Å². The summed E-state index contributed by atoms with van der Waals surface area (Å²) in [4.78, 5) is 33.6. The highest BCUT2D eigenvalue weighted by Crippen LogP contribution is 2.30. The van der Waals surface area contributed by atoms with Crippen LogP contribution in [0.2, 0.25) is 0 Å². The number of carbonyl (C=O) groups excluding carboxylic acids is 2. The van der Waals surface area contributed by atoms with Gasteiger partial charge in [0.05, 0.1) is 11.3 Å². The van der Waals surface area contributed by atoms with E-state index >= 15 is 0 Å². The van der Waals surface area contributed by atoms with E-state index in [9.17, 15) is 9.59 Å². The first-order chi connectivity index (χ1) is 13.4. The number of hydrogen-bond donors (Lipinski definition) is 2. The zero-order chi connectivity index (χ0) is 19.8. The predicted octanol–water partition coefficient (Wildman–Crippen LogP) is 3.29. The van der Waals surface area contributed by atoms with Gasteiger partial charge in [-0.15, -0.1) is 0 Å². The molecule has 1 aliphatic heterocycles. The van der Waals surface area contributed by atoms with E-state index in [1.54, 1.807) is 25.2 Å². The Morgan fingerprint density at radius 2 is 1.86 bits per heavy atom.